The van der Waals surface area contributed by atoms with Crippen molar-refractivity contribution in [1.29, 1.82) is 0 Å². The third kappa shape index (κ3) is 12.3. The number of thiophene rings is 2. The Hall–Kier alpha value is -2.94. The van der Waals surface area contributed by atoms with Gasteiger partial charge in [0.25, 0.3) is 0 Å². The number of nitrogens with zero attached hydrogens (tertiary/aromatic N) is 2. The lowest BCUT2D eigenvalue weighted by Gasteiger charge is -2.14. The highest BCUT2D eigenvalue weighted by Crippen LogP contribution is 2.23. The predicted octanol–water partition coefficient (Wildman–Crippen LogP) is 4.21. The summed E-state index contributed by atoms with van der Waals surface area (Å²) in [7, 11) is 0. The maximum absolute atomic E-state index is 9.44. The maximum atomic E-state index is 9.44. The van der Waals surface area contributed by atoms with Gasteiger partial charge in [0.1, 0.15) is 0 Å². The van der Waals surface area contributed by atoms with E-state index in [0.717, 1.165) is 91.4 Å². The second-order valence-corrected chi connectivity index (χ2v) is 13.3. The number of likely N-dealkylation sites (tertiary alicyclic amines) is 2. The van der Waals surface area contributed by atoms with Gasteiger partial charge in [-0.3, -0.25) is 9.80 Å². The molecule has 10 nitrogen and oxygen atoms in total. The number of aliphatic hydroxyl groups excluding tert-OH is 2. The summed E-state index contributed by atoms with van der Waals surface area (Å²) < 4.78 is 14.1. The van der Waals surface area contributed by atoms with E-state index in [0.29, 0.717) is 0 Å². The van der Waals surface area contributed by atoms with Gasteiger partial charge in [-0.25, -0.2) is 9.59 Å². The SMILES string of the molecule is O=C(O)C(=O)O.O[C@@H]1CCN(CCOCCc2ccc3ccsc3c2)C1.O[C@@H]1CCN(CCOCCc2ccc3ccsc3c2)C1. The van der Waals surface area contributed by atoms with Crippen LogP contribution in [0.15, 0.2) is 59.3 Å². The minimum Gasteiger partial charge on any atom is -0.473 e. The lowest BCUT2D eigenvalue weighted by atomic mass is 10.1. The van der Waals surface area contributed by atoms with E-state index in [-0.39, 0.29) is 12.2 Å². The van der Waals surface area contributed by atoms with Gasteiger partial charge >= 0.3 is 11.9 Å². The fourth-order valence-electron chi connectivity index (χ4n) is 5.31. The first-order valence-electron chi connectivity index (χ1n) is 15.6. The molecule has 4 heterocycles. The van der Waals surface area contributed by atoms with Crippen LogP contribution in [0, 0.1) is 0 Å². The summed E-state index contributed by atoms with van der Waals surface area (Å²) in [5.74, 6) is -3.65. The minimum atomic E-state index is -1.82. The van der Waals surface area contributed by atoms with E-state index >= 15 is 0 Å². The van der Waals surface area contributed by atoms with E-state index in [1.54, 1.807) is 22.7 Å². The van der Waals surface area contributed by atoms with Gasteiger partial charge < -0.3 is 29.9 Å². The number of aliphatic hydroxyl groups is 2. The second-order valence-electron chi connectivity index (χ2n) is 11.4. The van der Waals surface area contributed by atoms with E-state index < -0.39 is 11.9 Å². The second kappa shape index (κ2) is 19.0. The molecule has 2 saturated heterocycles. The summed E-state index contributed by atoms with van der Waals surface area (Å²) >= 11 is 3.58. The van der Waals surface area contributed by atoms with Crippen LogP contribution in [0.1, 0.15) is 24.0 Å². The van der Waals surface area contributed by atoms with Gasteiger partial charge in [0.15, 0.2) is 0 Å². The number of carbonyl (C=O) groups is 2. The lowest BCUT2D eigenvalue weighted by Crippen LogP contribution is -2.26. The number of hydrogen-bond acceptors (Lipinski definition) is 10. The van der Waals surface area contributed by atoms with Crippen molar-refractivity contribution in [2.75, 3.05) is 65.7 Å². The lowest BCUT2D eigenvalue weighted by molar-refractivity contribution is -0.159. The van der Waals surface area contributed by atoms with Crippen molar-refractivity contribution >= 4 is 54.8 Å². The van der Waals surface area contributed by atoms with Crippen LogP contribution in [0.4, 0.5) is 0 Å². The molecule has 0 spiro atoms. The molecule has 46 heavy (non-hydrogen) atoms. The Balaban J connectivity index is 0.000000178. The van der Waals surface area contributed by atoms with Crippen LogP contribution in [0.2, 0.25) is 0 Å². The first kappa shape index (κ1) is 35.9. The molecule has 4 N–H and O–H groups in total. The molecular formula is C34H44N2O8S2. The Morgan fingerprint density at radius 3 is 1.48 bits per heavy atom. The molecule has 0 saturated carbocycles. The zero-order valence-electron chi connectivity index (χ0n) is 26.0. The van der Waals surface area contributed by atoms with Crippen molar-refractivity contribution in [3.8, 4) is 0 Å². The average Bonchev–Trinajstić information content (AvgIpc) is 3.85. The highest BCUT2D eigenvalue weighted by atomic mass is 32.1. The first-order valence-corrected chi connectivity index (χ1v) is 17.4. The molecule has 2 atom stereocenters. The number of hydrogen-bond donors (Lipinski definition) is 4. The third-order valence-electron chi connectivity index (χ3n) is 7.89. The van der Waals surface area contributed by atoms with Crippen LogP contribution in [0.3, 0.4) is 0 Å². The molecule has 0 bridgehead atoms. The Labute approximate surface area is 277 Å². The Kier molecular flexibility index (Phi) is 14.8. The quantitative estimate of drug-likeness (QED) is 0.128. The number of carboxylic acids is 2. The number of benzene rings is 2. The number of fused-ring (bicyclic) bond motifs is 2. The largest absolute Gasteiger partial charge is 0.473 e. The molecule has 0 aliphatic carbocycles. The molecule has 0 unspecified atom stereocenters. The van der Waals surface area contributed by atoms with Gasteiger partial charge in [0.2, 0.25) is 0 Å². The Bertz CT molecular complexity index is 1400. The summed E-state index contributed by atoms with van der Waals surface area (Å²) in [5, 5.41) is 40.6. The van der Waals surface area contributed by atoms with Gasteiger partial charge in [-0.1, -0.05) is 24.3 Å². The topological polar surface area (TPSA) is 140 Å². The van der Waals surface area contributed by atoms with Gasteiger partial charge in [-0.05, 0) is 82.6 Å². The van der Waals surface area contributed by atoms with Gasteiger partial charge in [0.05, 0.1) is 38.6 Å². The number of rotatable bonds is 12. The molecule has 2 aromatic carbocycles. The Morgan fingerprint density at radius 2 is 1.11 bits per heavy atom. The summed E-state index contributed by atoms with van der Waals surface area (Å²) in [6.45, 7) is 8.53. The van der Waals surface area contributed by atoms with Gasteiger partial charge in [0, 0.05) is 48.7 Å². The van der Waals surface area contributed by atoms with Crippen molar-refractivity contribution in [2.24, 2.45) is 0 Å². The van der Waals surface area contributed by atoms with E-state index in [9.17, 15) is 10.2 Å². The highest BCUT2D eigenvalue weighted by Gasteiger charge is 2.20. The molecule has 2 fully saturated rings. The van der Waals surface area contributed by atoms with Crippen LogP contribution in [-0.4, -0.2) is 120 Å². The molecule has 0 amide bonds. The molecule has 2 aliphatic rings. The average molecular weight is 673 g/mol. The van der Waals surface area contributed by atoms with E-state index in [1.165, 1.54) is 31.3 Å². The summed E-state index contributed by atoms with van der Waals surface area (Å²) in [4.78, 5) is 22.7. The molecular weight excluding hydrogens is 629 g/mol. The van der Waals surface area contributed by atoms with E-state index in [1.807, 2.05) is 0 Å². The molecule has 2 aromatic heterocycles. The number of ether oxygens (including phenoxy) is 2. The molecule has 6 rings (SSSR count). The van der Waals surface area contributed by atoms with Crippen LogP contribution in [-0.2, 0) is 31.9 Å². The van der Waals surface area contributed by atoms with Gasteiger partial charge in [-0.15, -0.1) is 22.7 Å². The highest BCUT2D eigenvalue weighted by molar-refractivity contribution is 7.17. The summed E-state index contributed by atoms with van der Waals surface area (Å²) in [5.41, 5.74) is 2.69. The van der Waals surface area contributed by atoms with E-state index in [2.05, 4.69) is 69.1 Å². The minimum absolute atomic E-state index is 0.132. The molecule has 12 heteroatoms. The predicted molar refractivity (Wildman–Crippen MR) is 182 cm³/mol. The Morgan fingerprint density at radius 1 is 0.674 bits per heavy atom. The molecule has 2 aliphatic heterocycles. The first-order chi connectivity index (χ1) is 22.3. The van der Waals surface area contributed by atoms with Crippen molar-refractivity contribution in [2.45, 2.75) is 37.9 Å². The van der Waals surface area contributed by atoms with Crippen molar-refractivity contribution in [3.63, 3.8) is 0 Å². The maximum Gasteiger partial charge on any atom is 0.414 e. The smallest absolute Gasteiger partial charge is 0.414 e. The van der Waals surface area contributed by atoms with Crippen molar-refractivity contribution in [3.05, 3.63) is 70.4 Å². The van der Waals surface area contributed by atoms with Gasteiger partial charge in [-0.2, -0.15) is 0 Å². The monoisotopic (exact) mass is 672 g/mol. The van der Waals surface area contributed by atoms with Crippen LogP contribution >= 0.6 is 22.7 Å². The normalized spacial score (nSPS) is 18.3. The number of aliphatic carboxylic acids is 2. The summed E-state index contributed by atoms with van der Waals surface area (Å²) in [6, 6.07) is 17.6. The number of carboxylic acid groups (broad SMARTS) is 2. The standard InChI is InChI=1S/2C16H21NO2S.C2H2O4/c2*18-15-3-6-17(12-15)7-9-19-8-4-13-1-2-14-5-10-20-16(14)11-13;3-1(4)2(5)6/h2*1-2,5,10-11,15,18H,3-4,6-9,12H2;(H,3,4)(H,5,6)/t2*15-;/m11./s1. The zero-order valence-corrected chi connectivity index (χ0v) is 27.6. The number of β-amino-alcohol motifs (C(OH)–C–C–N with tert-alkyl or cyclic N) is 2. The van der Waals surface area contributed by atoms with Crippen LogP contribution in [0.25, 0.3) is 20.2 Å². The molecule has 4 aromatic rings. The van der Waals surface area contributed by atoms with Crippen molar-refractivity contribution in [1.82, 2.24) is 9.80 Å². The van der Waals surface area contributed by atoms with Crippen LogP contribution < -0.4 is 0 Å². The molecule has 250 valence electrons. The van der Waals surface area contributed by atoms with Crippen molar-refractivity contribution < 1.29 is 39.5 Å². The fraction of sp³-hybridized carbons (Fsp3) is 0.471. The zero-order chi connectivity index (χ0) is 32.7. The summed E-state index contributed by atoms with van der Waals surface area (Å²) in [6.07, 6.45) is 3.48. The third-order valence-corrected chi connectivity index (χ3v) is 9.65. The van der Waals surface area contributed by atoms with Crippen LogP contribution in [0.5, 0.6) is 0 Å². The van der Waals surface area contributed by atoms with E-state index in [4.69, 9.17) is 29.3 Å². The fourth-order valence-corrected chi connectivity index (χ4v) is 7.02. The molecule has 0 radical (unpaired) electrons.